The number of aliphatic hydroxyl groups is 2. The van der Waals surface area contributed by atoms with Crippen molar-refractivity contribution >= 4 is 0 Å². The van der Waals surface area contributed by atoms with Crippen molar-refractivity contribution in [3.05, 3.63) is 11.6 Å². The molecule has 2 N–H and O–H groups in total. The Hall–Kier alpha value is -0.340. The summed E-state index contributed by atoms with van der Waals surface area (Å²) in [6.45, 7) is 4.81. The van der Waals surface area contributed by atoms with Gasteiger partial charge < -0.3 is 10.2 Å². The van der Waals surface area contributed by atoms with Crippen molar-refractivity contribution < 1.29 is 10.2 Å². The number of hydrogen-bond donors (Lipinski definition) is 2. The third-order valence-corrected chi connectivity index (χ3v) is 8.03. The number of fused-ring (bicyclic) bond motifs is 5. The van der Waals surface area contributed by atoms with E-state index in [1.165, 1.54) is 25.7 Å². The molecule has 0 aromatic carbocycles. The second-order valence-electron chi connectivity index (χ2n) is 8.79. The Bertz CT molecular complexity index is 470. The van der Waals surface area contributed by atoms with Gasteiger partial charge >= 0.3 is 0 Å². The fraction of sp³-hybridized carbons (Fsp3) is 0.895. The van der Waals surface area contributed by atoms with Crippen LogP contribution in [0.15, 0.2) is 11.6 Å². The summed E-state index contributed by atoms with van der Waals surface area (Å²) in [4.78, 5) is 0. The lowest BCUT2D eigenvalue weighted by Gasteiger charge is -2.57. The Balaban J connectivity index is 1.68. The normalized spacial score (nSPS) is 56.2. The molecule has 7 atom stereocenters. The first-order chi connectivity index (χ1) is 9.95. The van der Waals surface area contributed by atoms with Gasteiger partial charge in [0.05, 0.1) is 12.2 Å². The number of allylic oxidation sites excluding steroid dienone is 1. The molecule has 0 aromatic heterocycles. The molecule has 0 spiro atoms. The molecule has 3 saturated carbocycles. The predicted octanol–water partition coefficient (Wildman–Crippen LogP) is 3.67. The zero-order valence-electron chi connectivity index (χ0n) is 13.5. The van der Waals surface area contributed by atoms with E-state index in [1.54, 1.807) is 5.57 Å². The lowest BCUT2D eigenvalue weighted by atomic mass is 9.48. The number of hydrogen-bond acceptors (Lipinski definition) is 2. The molecule has 4 aliphatic rings. The van der Waals surface area contributed by atoms with E-state index in [2.05, 4.69) is 19.9 Å². The molecule has 4 rings (SSSR count). The van der Waals surface area contributed by atoms with Gasteiger partial charge in [-0.1, -0.05) is 25.5 Å². The first-order valence-corrected chi connectivity index (χ1v) is 9.01. The minimum absolute atomic E-state index is 0.0742. The van der Waals surface area contributed by atoms with Crippen molar-refractivity contribution in [1.82, 2.24) is 0 Å². The molecule has 21 heavy (non-hydrogen) atoms. The smallest absolute Gasteiger partial charge is 0.0596 e. The molecule has 2 nitrogen and oxygen atoms in total. The van der Waals surface area contributed by atoms with Gasteiger partial charge in [0.2, 0.25) is 0 Å². The lowest BCUT2D eigenvalue weighted by Crippen LogP contribution is -2.51. The third-order valence-electron chi connectivity index (χ3n) is 8.03. The maximum atomic E-state index is 10.5. The van der Waals surface area contributed by atoms with Gasteiger partial charge in [-0.3, -0.25) is 0 Å². The van der Waals surface area contributed by atoms with Crippen molar-refractivity contribution in [3.63, 3.8) is 0 Å². The fourth-order valence-corrected chi connectivity index (χ4v) is 6.61. The average Bonchev–Trinajstić information content (AvgIpc) is 2.76. The standard InChI is InChI=1S/C19H30O2/c1-18-9-7-13(20)11-12(18)3-4-14-15-5-6-17(21)19(15,2)10-8-16(14)18/h3,13-17,20-21H,4-11H2,1-2H3/t13-,14-,15-,16-,17-,18-,19+/m0/s1. The summed E-state index contributed by atoms with van der Waals surface area (Å²) in [5, 5.41) is 20.5. The zero-order valence-corrected chi connectivity index (χ0v) is 13.5. The van der Waals surface area contributed by atoms with Gasteiger partial charge in [0.1, 0.15) is 0 Å². The monoisotopic (exact) mass is 290 g/mol. The first kappa shape index (κ1) is 14.3. The van der Waals surface area contributed by atoms with Gasteiger partial charge in [-0.05, 0) is 80.0 Å². The van der Waals surface area contributed by atoms with Crippen LogP contribution in [0, 0.1) is 28.6 Å². The topological polar surface area (TPSA) is 40.5 Å². The highest BCUT2D eigenvalue weighted by Gasteiger charge is 2.58. The van der Waals surface area contributed by atoms with Crippen molar-refractivity contribution in [1.29, 1.82) is 0 Å². The van der Waals surface area contributed by atoms with Crippen molar-refractivity contribution in [2.45, 2.75) is 77.4 Å². The molecular formula is C19H30O2. The van der Waals surface area contributed by atoms with Crippen LogP contribution in [0.1, 0.15) is 65.2 Å². The highest BCUT2D eigenvalue weighted by Crippen LogP contribution is 2.64. The van der Waals surface area contributed by atoms with Gasteiger partial charge in [-0.25, -0.2) is 0 Å². The molecule has 0 aromatic rings. The van der Waals surface area contributed by atoms with Gasteiger partial charge in [0.15, 0.2) is 0 Å². The van der Waals surface area contributed by atoms with Crippen LogP contribution in [0.4, 0.5) is 0 Å². The number of rotatable bonds is 0. The van der Waals surface area contributed by atoms with Crippen LogP contribution in [0.3, 0.4) is 0 Å². The molecule has 0 saturated heterocycles. The lowest BCUT2D eigenvalue weighted by molar-refractivity contribution is -0.0711. The first-order valence-electron chi connectivity index (χ1n) is 9.01. The molecule has 0 unspecified atom stereocenters. The molecule has 4 aliphatic carbocycles. The van der Waals surface area contributed by atoms with Gasteiger partial charge in [0.25, 0.3) is 0 Å². The van der Waals surface area contributed by atoms with E-state index in [4.69, 9.17) is 0 Å². The number of aliphatic hydroxyl groups excluding tert-OH is 2. The van der Waals surface area contributed by atoms with E-state index in [0.717, 1.165) is 37.5 Å². The molecule has 3 fully saturated rings. The van der Waals surface area contributed by atoms with E-state index >= 15 is 0 Å². The van der Waals surface area contributed by atoms with Crippen LogP contribution in [0.2, 0.25) is 0 Å². The van der Waals surface area contributed by atoms with Crippen LogP contribution in [0.5, 0.6) is 0 Å². The Morgan fingerprint density at radius 2 is 1.81 bits per heavy atom. The predicted molar refractivity (Wildman–Crippen MR) is 83.7 cm³/mol. The highest BCUT2D eigenvalue weighted by atomic mass is 16.3. The van der Waals surface area contributed by atoms with Crippen LogP contribution < -0.4 is 0 Å². The van der Waals surface area contributed by atoms with Crippen molar-refractivity contribution in [2.24, 2.45) is 28.6 Å². The van der Waals surface area contributed by atoms with E-state index in [-0.39, 0.29) is 17.6 Å². The minimum Gasteiger partial charge on any atom is -0.393 e. The molecule has 0 heterocycles. The Kier molecular flexibility index (Phi) is 3.11. The third kappa shape index (κ3) is 1.84. The fourth-order valence-electron chi connectivity index (χ4n) is 6.61. The Morgan fingerprint density at radius 3 is 2.62 bits per heavy atom. The highest BCUT2D eigenvalue weighted by molar-refractivity contribution is 5.25. The largest absolute Gasteiger partial charge is 0.393 e. The van der Waals surface area contributed by atoms with Gasteiger partial charge in [-0.2, -0.15) is 0 Å². The molecule has 0 bridgehead atoms. The van der Waals surface area contributed by atoms with Crippen LogP contribution in [0.25, 0.3) is 0 Å². The maximum absolute atomic E-state index is 10.5. The van der Waals surface area contributed by atoms with Crippen LogP contribution in [-0.2, 0) is 0 Å². The molecule has 0 aliphatic heterocycles. The Morgan fingerprint density at radius 1 is 1.00 bits per heavy atom. The molecule has 0 amide bonds. The SMILES string of the molecule is C[C@@]12CC[C@H]3[C@@H](CC=C4C[C@@H](O)CC[C@@]43C)[C@@H]1CC[C@@H]2O. The van der Waals surface area contributed by atoms with E-state index in [1.807, 2.05) is 0 Å². The minimum atomic E-state index is -0.108. The summed E-state index contributed by atoms with van der Waals surface area (Å²) in [5.74, 6) is 2.27. The average molecular weight is 290 g/mol. The molecule has 0 radical (unpaired) electrons. The zero-order chi connectivity index (χ0) is 14.8. The molecule has 118 valence electrons. The quantitative estimate of drug-likeness (QED) is 0.668. The summed E-state index contributed by atoms with van der Waals surface area (Å²) < 4.78 is 0. The van der Waals surface area contributed by atoms with E-state index in [0.29, 0.717) is 11.3 Å². The second-order valence-corrected chi connectivity index (χ2v) is 8.79. The second kappa shape index (κ2) is 4.58. The summed E-state index contributed by atoms with van der Waals surface area (Å²) in [6, 6.07) is 0. The van der Waals surface area contributed by atoms with Crippen LogP contribution >= 0.6 is 0 Å². The van der Waals surface area contributed by atoms with E-state index in [9.17, 15) is 10.2 Å². The Labute approximate surface area is 128 Å². The van der Waals surface area contributed by atoms with Crippen LogP contribution in [-0.4, -0.2) is 22.4 Å². The van der Waals surface area contributed by atoms with Gasteiger partial charge in [0, 0.05) is 0 Å². The molecule has 2 heteroatoms. The van der Waals surface area contributed by atoms with E-state index < -0.39 is 0 Å². The summed E-state index contributed by atoms with van der Waals surface area (Å²) in [7, 11) is 0. The summed E-state index contributed by atoms with van der Waals surface area (Å²) in [5.41, 5.74) is 2.05. The maximum Gasteiger partial charge on any atom is 0.0596 e. The summed E-state index contributed by atoms with van der Waals surface area (Å²) in [6.07, 6.45) is 11.2. The van der Waals surface area contributed by atoms with Gasteiger partial charge in [-0.15, -0.1) is 0 Å². The summed E-state index contributed by atoms with van der Waals surface area (Å²) >= 11 is 0. The van der Waals surface area contributed by atoms with Crippen molar-refractivity contribution in [2.75, 3.05) is 0 Å². The molecular weight excluding hydrogens is 260 g/mol. The van der Waals surface area contributed by atoms with Crippen molar-refractivity contribution in [3.8, 4) is 0 Å².